The lowest BCUT2D eigenvalue weighted by Gasteiger charge is -2.01. The number of nitrogens with one attached hydrogen (secondary N) is 1. The van der Waals surface area contributed by atoms with Crippen LogP contribution in [0.2, 0.25) is 0 Å². The molecular weight excluding hydrogens is 174 g/mol. The van der Waals surface area contributed by atoms with Gasteiger partial charge >= 0.3 is 0 Å². The third-order valence-electron chi connectivity index (χ3n) is 2.29. The number of aromatic amines is 1. The van der Waals surface area contributed by atoms with Crippen LogP contribution in [0.25, 0.3) is 11.1 Å². The summed E-state index contributed by atoms with van der Waals surface area (Å²) in [5, 5.41) is 0. The minimum absolute atomic E-state index is 0.614. The molecule has 1 heterocycles. The molecule has 1 aromatic heterocycles. The Kier molecular flexibility index (Phi) is 2.19. The molecule has 0 bridgehead atoms. The Morgan fingerprint density at radius 1 is 1.29 bits per heavy atom. The molecule has 1 N–H and O–H groups in total. The van der Waals surface area contributed by atoms with Crippen molar-refractivity contribution in [2.75, 3.05) is 0 Å². The zero-order chi connectivity index (χ0) is 9.97. The lowest BCUT2D eigenvalue weighted by molar-refractivity contribution is 0.111. The van der Waals surface area contributed by atoms with E-state index >= 15 is 0 Å². The van der Waals surface area contributed by atoms with E-state index in [9.17, 15) is 4.79 Å². The van der Waals surface area contributed by atoms with E-state index in [4.69, 9.17) is 0 Å². The standard InChI is InChI=1S/C12H11NO/c1-9-4-2-3-5-12(9)10-6-11(8-14)13-7-10/h2-8,13H,1H3. The summed E-state index contributed by atoms with van der Waals surface area (Å²) < 4.78 is 0. The van der Waals surface area contributed by atoms with Crippen LogP contribution in [0.4, 0.5) is 0 Å². The second-order valence-corrected chi connectivity index (χ2v) is 3.28. The van der Waals surface area contributed by atoms with Crippen LogP contribution in [-0.4, -0.2) is 11.3 Å². The Morgan fingerprint density at radius 2 is 2.07 bits per heavy atom. The number of rotatable bonds is 2. The molecule has 0 saturated carbocycles. The second kappa shape index (κ2) is 3.50. The highest BCUT2D eigenvalue weighted by Crippen LogP contribution is 2.23. The summed E-state index contributed by atoms with van der Waals surface area (Å²) in [7, 11) is 0. The van der Waals surface area contributed by atoms with Gasteiger partial charge in [-0.25, -0.2) is 0 Å². The maximum absolute atomic E-state index is 10.5. The van der Waals surface area contributed by atoms with Gasteiger partial charge in [0, 0.05) is 11.8 Å². The average Bonchev–Trinajstić information content (AvgIpc) is 2.67. The van der Waals surface area contributed by atoms with Crippen LogP contribution < -0.4 is 0 Å². The van der Waals surface area contributed by atoms with Crippen LogP contribution in [0.5, 0.6) is 0 Å². The number of benzene rings is 1. The van der Waals surface area contributed by atoms with Gasteiger partial charge in [0.05, 0.1) is 5.69 Å². The molecule has 0 fully saturated rings. The predicted octanol–water partition coefficient (Wildman–Crippen LogP) is 2.80. The summed E-state index contributed by atoms with van der Waals surface area (Å²) in [6, 6.07) is 9.97. The predicted molar refractivity (Wildman–Crippen MR) is 56.4 cm³/mol. The van der Waals surface area contributed by atoms with Gasteiger partial charge in [0.25, 0.3) is 0 Å². The molecule has 2 rings (SSSR count). The van der Waals surface area contributed by atoms with Gasteiger partial charge in [0.1, 0.15) is 0 Å². The number of aryl methyl sites for hydroxylation is 1. The van der Waals surface area contributed by atoms with Gasteiger partial charge in [-0.05, 0) is 24.1 Å². The third-order valence-corrected chi connectivity index (χ3v) is 2.29. The average molecular weight is 185 g/mol. The third kappa shape index (κ3) is 1.46. The summed E-state index contributed by atoms with van der Waals surface area (Å²) in [5.74, 6) is 0. The van der Waals surface area contributed by atoms with Gasteiger partial charge in [-0.3, -0.25) is 4.79 Å². The van der Waals surface area contributed by atoms with Crippen molar-refractivity contribution in [1.82, 2.24) is 4.98 Å². The van der Waals surface area contributed by atoms with E-state index in [-0.39, 0.29) is 0 Å². The number of hydrogen-bond acceptors (Lipinski definition) is 1. The monoisotopic (exact) mass is 185 g/mol. The Morgan fingerprint density at radius 3 is 2.71 bits per heavy atom. The zero-order valence-electron chi connectivity index (χ0n) is 7.95. The Balaban J connectivity index is 2.49. The van der Waals surface area contributed by atoms with E-state index < -0.39 is 0 Å². The van der Waals surface area contributed by atoms with E-state index in [0.717, 1.165) is 17.4 Å². The first kappa shape index (κ1) is 8.75. The molecule has 0 amide bonds. The number of carbonyl (C=O) groups excluding carboxylic acids is 1. The van der Waals surface area contributed by atoms with E-state index in [1.807, 2.05) is 30.5 Å². The van der Waals surface area contributed by atoms with Crippen LogP contribution in [0.3, 0.4) is 0 Å². The van der Waals surface area contributed by atoms with E-state index in [0.29, 0.717) is 5.69 Å². The molecule has 0 aliphatic carbocycles. The maximum atomic E-state index is 10.5. The molecule has 14 heavy (non-hydrogen) atoms. The fourth-order valence-corrected chi connectivity index (χ4v) is 1.53. The molecule has 1 aromatic carbocycles. The molecule has 2 aromatic rings. The van der Waals surface area contributed by atoms with Crippen molar-refractivity contribution in [2.24, 2.45) is 0 Å². The topological polar surface area (TPSA) is 32.9 Å². The SMILES string of the molecule is Cc1ccccc1-c1c[nH]c(C=O)c1. The van der Waals surface area contributed by atoms with Crippen LogP contribution in [0.15, 0.2) is 36.5 Å². The zero-order valence-corrected chi connectivity index (χ0v) is 7.95. The van der Waals surface area contributed by atoms with Gasteiger partial charge < -0.3 is 4.98 Å². The minimum atomic E-state index is 0.614. The largest absolute Gasteiger partial charge is 0.358 e. The summed E-state index contributed by atoms with van der Waals surface area (Å²) in [4.78, 5) is 13.4. The summed E-state index contributed by atoms with van der Waals surface area (Å²) >= 11 is 0. The number of aldehydes is 1. The maximum Gasteiger partial charge on any atom is 0.166 e. The Bertz CT molecular complexity index is 457. The highest BCUT2D eigenvalue weighted by Gasteiger charge is 2.02. The summed E-state index contributed by atoms with van der Waals surface area (Å²) in [6.45, 7) is 2.06. The molecule has 2 heteroatoms. The van der Waals surface area contributed by atoms with Crippen molar-refractivity contribution in [1.29, 1.82) is 0 Å². The molecule has 0 radical (unpaired) electrons. The number of hydrogen-bond donors (Lipinski definition) is 1. The van der Waals surface area contributed by atoms with Crippen molar-refractivity contribution < 1.29 is 4.79 Å². The van der Waals surface area contributed by atoms with E-state index in [1.54, 1.807) is 0 Å². The first-order valence-corrected chi connectivity index (χ1v) is 4.51. The molecule has 0 spiro atoms. The quantitative estimate of drug-likeness (QED) is 0.717. The highest BCUT2D eigenvalue weighted by molar-refractivity contribution is 5.77. The van der Waals surface area contributed by atoms with Crippen LogP contribution in [0.1, 0.15) is 16.1 Å². The van der Waals surface area contributed by atoms with Crippen molar-refractivity contribution in [3.05, 3.63) is 47.8 Å². The van der Waals surface area contributed by atoms with Crippen molar-refractivity contribution in [3.8, 4) is 11.1 Å². The summed E-state index contributed by atoms with van der Waals surface area (Å²) in [6.07, 6.45) is 2.67. The Hall–Kier alpha value is -1.83. The van der Waals surface area contributed by atoms with Crippen LogP contribution in [0, 0.1) is 6.92 Å². The first-order valence-electron chi connectivity index (χ1n) is 4.51. The molecule has 0 aliphatic rings. The number of aromatic nitrogens is 1. The Labute approximate surface area is 82.6 Å². The molecular formula is C12H11NO. The lowest BCUT2D eigenvalue weighted by Crippen LogP contribution is -1.78. The molecule has 70 valence electrons. The van der Waals surface area contributed by atoms with Gasteiger partial charge in [-0.15, -0.1) is 0 Å². The highest BCUT2D eigenvalue weighted by atomic mass is 16.1. The van der Waals surface area contributed by atoms with Gasteiger partial charge in [0.2, 0.25) is 0 Å². The first-order chi connectivity index (χ1) is 6.81. The fourth-order valence-electron chi connectivity index (χ4n) is 1.53. The normalized spacial score (nSPS) is 10.1. The van der Waals surface area contributed by atoms with Gasteiger partial charge in [-0.2, -0.15) is 0 Å². The van der Waals surface area contributed by atoms with Crippen molar-refractivity contribution >= 4 is 6.29 Å². The molecule has 0 unspecified atom stereocenters. The second-order valence-electron chi connectivity index (χ2n) is 3.28. The smallest absolute Gasteiger partial charge is 0.166 e. The molecule has 0 aliphatic heterocycles. The van der Waals surface area contributed by atoms with Gasteiger partial charge in [-0.1, -0.05) is 24.3 Å². The summed E-state index contributed by atoms with van der Waals surface area (Å²) in [5.41, 5.74) is 4.05. The van der Waals surface area contributed by atoms with Crippen molar-refractivity contribution in [3.63, 3.8) is 0 Å². The molecule has 0 saturated heterocycles. The van der Waals surface area contributed by atoms with Crippen LogP contribution in [-0.2, 0) is 0 Å². The number of H-pyrrole nitrogens is 1. The van der Waals surface area contributed by atoms with E-state index in [1.165, 1.54) is 5.56 Å². The van der Waals surface area contributed by atoms with Gasteiger partial charge in [0.15, 0.2) is 6.29 Å². The molecule has 2 nitrogen and oxygen atoms in total. The van der Waals surface area contributed by atoms with Crippen molar-refractivity contribution in [2.45, 2.75) is 6.92 Å². The minimum Gasteiger partial charge on any atom is -0.358 e. The molecule has 0 atom stereocenters. The van der Waals surface area contributed by atoms with Crippen LogP contribution >= 0.6 is 0 Å². The lowest BCUT2D eigenvalue weighted by atomic mass is 10.0. The fraction of sp³-hybridized carbons (Fsp3) is 0.0833. The van der Waals surface area contributed by atoms with E-state index in [2.05, 4.69) is 18.0 Å². The number of carbonyl (C=O) groups is 1.